The molecule has 0 bridgehead atoms. The maximum atomic E-state index is 13.0. The number of piperidine rings is 3. The molecule has 7 heteroatoms. The monoisotopic (exact) mass is 413 g/mol. The summed E-state index contributed by atoms with van der Waals surface area (Å²) in [4.78, 5) is 15.4. The molecule has 4 heterocycles. The number of imidazole rings is 1. The van der Waals surface area contributed by atoms with E-state index in [9.17, 15) is 4.79 Å². The zero-order valence-corrected chi connectivity index (χ0v) is 18.1. The van der Waals surface area contributed by atoms with Crippen molar-refractivity contribution in [1.82, 2.24) is 19.8 Å². The average Bonchev–Trinajstić information content (AvgIpc) is 3.05. The van der Waals surface area contributed by atoms with Crippen molar-refractivity contribution in [3.8, 4) is 0 Å². The molecule has 3 aliphatic rings. The molecule has 0 amide bonds. The predicted molar refractivity (Wildman–Crippen MR) is 121 cm³/mol. The summed E-state index contributed by atoms with van der Waals surface area (Å²) in [5, 5.41) is 6.85. The highest BCUT2D eigenvalue weighted by atomic mass is 16.5. The fraction of sp³-hybridized carbons (Fsp3) is 0.696. The molecule has 1 unspecified atom stereocenters. The highest BCUT2D eigenvalue weighted by molar-refractivity contribution is 5.80. The quantitative estimate of drug-likeness (QED) is 0.803. The molecular weight excluding hydrogens is 378 g/mol. The van der Waals surface area contributed by atoms with Crippen molar-refractivity contribution in [1.29, 1.82) is 0 Å². The summed E-state index contributed by atoms with van der Waals surface area (Å²) < 4.78 is 10.2. The zero-order chi connectivity index (χ0) is 20.5. The van der Waals surface area contributed by atoms with Crippen LogP contribution in [0, 0.1) is 0 Å². The van der Waals surface area contributed by atoms with Gasteiger partial charge in [-0.15, -0.1) is 0 Å². The number of aromatic nitrogens is 2. The van der Waals surface area contributed by atoms with Gasteiger partial charge in [-0.05, 0) is 76.4 Å². The zero-order valence-electron chi connectivity index (χ0n) is 18.1. The van der Waals surface area contributed by atoms with Crippen molar-refractivity contribution in [2.24, 2.45) is 7.05 Å². The summed E-state index contributed by atoms with van der Waals surface area (Å²) in [5.41, 5.74) is 3.42. The second-order valence-electron chi connectivity index (χ2n) is 9.16. The molecule has 2 N–H and O–H groups in total. The van der Waals surface area contributed by atoms with Gasteiger partial charge in [0.2, 0.25) is 0 Å². The summed E-state index contributed by atoms with van der Waals surface area (Å²) in [6.45, 7) is 6.13. The molecule has 2 aromatic rings. The molecule has 30 heavy (non-hydrogen) atoms. The van der Waals surface area contributed by atoms with Crippen LogP contribution in [-0.2, 0) is 11.8 Å². The van der Waals surface area contributed by atoms with E-state index in [0.717, 1.165) is 88.8 Å². The Morgan fingerprint density at radius 3 is 2.43 bits per heavy atom. The van der Waals surface area contributed by atoms with Gasteiger partial charge in [-0.1, -0.05) is 0 Å². The average molecular weight is 414 g/mol. The number of benzene rings is 1. The molecule has 3 saturated heterocycles. The Balaban J connectivity index is 1.30. The lowest BCUT2D eigenvalue weighted by Crippen LogP contribution is -2.40. The number of hydrogen-bond acceptors (Lipinski definition) is 5. The van der Waals surface area contributed by atoms with Gasteiger partial charge in [0.1, 0.15) is 0 Å². The second kappa shape index (κ2) is 8.73. The molecule has 0 aliphatic carbocycles. The SMILES string of the molecule is Cn1c(=O)n(C2CCCNC2)c2ccc(N3CCC(OC4CCNCC4)CC3)cc21. The van der Waals surface area contributed by atoms with Gasteiger partial charge in [0.25, 0.3) is 0 Å². The van der Waals surface area contributed by atoms with Crippen LogP contribution >= 0.6 is 0 Å². The Labute approximate surface area is 178 Å². The number of ether oxygens (including phenoxy) is 1. The largest absolute Gasteiger partial charge is 0.375 e. The van der Waals surface area contributed by atoms with Gasteiger partial charge in [0.15, 0.2) is 0 Å². The van der Waals surface area contributed by atoms with Crippen molar-refractivity contribution in [2.75, 3.05) is 44.2 Å². The molecule has 1 atom stereocenters. The number of anilines is 1. The number of aryl methyl sites for hydroxylation is 1. The minimum absolute atomic E-state index is 0.102. The molecule has 1 aromatic heterocycles. The van der Waals surface area contributed by atoms with E-state index in [4.69, 9.17) is 4.74 Å². The van der Waals surface area contributed by atoms with E-state index >= 15 is 0 Å². The van der Waals surface area contributed by atoms with Crippen LogP contribution in [0.5, 0.6) is 0 Å². The minimum Gasteiger partial charge on any atom is -0.375 e. The minimum atomic E-state index is 0.102. The molecule has 1 aromatic carbocycles. The Hall–Kier alpha value is -1.83. The van der Waals surface area contributed by atoms with Crippen LogP contribution in [0.2, 0.25) is 0 Å². The maximum absolute atomic E-state index is 13.0. The molecule has 7 nitrogen and oxygen atoms in total. The van der Waals surface area contributed by atoms with E-state index in [0.29, 0.717) is 12.2 Å². The third-order valence-corrected chi connectivity index (χ3v) is 7.19. The van der Waals surface area contributed by atoms with Crippen LogP contribution in [0.1, 0.15) is 44.6 Å². The Morgan fingerprint density at radius 1 is 0.933 bits per heavy atom. The van der Waals surface area contributed by atoms with Gasteiger partial charge in [0, 0.05) is 32.4 Å². The summed E-state index contributed by atoms with van der Waals surface area (Å²) >= 11 is 0. The number of nitrogens with one attached hydrogen (secondary N) is 2. The van der Waals surface area contributed by atoms with Crippen molar-refractivity contribution >= 4 is 16.7 Å². The van der Waals surface area contributed by atoms with E-state index in [-0.39, 0.29) is 11.7 Å². The van der Waals surface area contributed by atoms with Gasteiger partial charge in [0.05, 0.1) is 29.3 Å². The van der Waals surface area contributed by atoms with Gasteiger partial charge in [-0.3, -0.25) is 9.13 Å². The van der Waals surface area contributed by atoms with Crippen LogP contribution in [-0.4, -0.2) is 60.6 Å². The smallest absolute Gasteiger partial charge is 0.329 e. The van der Waals surface area contributed by atoms with Crippen LogP contribution in [0.25, 0.3) is 11.0 Å². The number of rotatable bonds is 4. The number of hydrogen-bond donors (Lipinski definition) is 2. The van der Waals surface area contributed by atoms with Gasteiger partial charge in [-0.2, -0.15) is 0 Å². The van der Waals surface area contributed by atoms with Crippen molar-refractivity contribution < 1.29 is 4.74 Å². The summed E-state index contributed by atoms with van der Waals surface area (Å²) in [5.74, 6) is 0. The standard InChI is InChI=1S/C23H35N5O2/c1-26-22-15-17(4-5-21(22)28(23(26)29)18-3-2-10-25-16-18)27-13-8-20(9-14-27)30-19-6-11-24-12-7-19/h4-5,15,18-20,24-25H,2-3,6-14,16H2,1H3. The Kier molecular flexibility index (Phi) is 5.85. The third-order valence-electron chi connectivity index (χ3n) is 7.19. The Morgan fingerprint density at radius 2 is 1.70 bits per heavy atom. The fourth-order valence-corrected chi connectivity index (χ4v) is 5.41. The van der Waals surface area contributed by atoms with Crippen LogP contribution in [0.3, 0.4) is 0 Å². The molecule has 3 aliphatic heterocycles. The van der Waals surface area contributed by atoms with Gasteiger partial charge >= 0.3 is 5.69 Å². The third kappa shape index (κ3) is 3.90. The van der Waals surface area contributed by atoms with E-state index in [2.05, 4.69) is 33.7 Å². The van der Waals surface area contributed by atoms with E-state index < -0.39 is 0 Å². The van der Waals surface area contributed by atoms with Gasteiger partial charge in [-0.25, -0.2) is 4.79 Å². The number of fused-ring (bicyclic) bond motifs is 1. The fourth-order valence-electron chi connectivity index (χ4n) is 5.41. The first-order chi connectivity index (χ1) is 14.7. The highest BCUT2D eigenvalue weighted by Crippen LogP contribution is 2.28. The first-order valence-corrected chi connectivity index (χ1v) is 11.7. The molecular formula is C23H35N5O2. The molecule has 164 valence electrons. The first kappa shape index (κ1) is 20.1. The maximum Gasteiger partial charge on any atom is 0.329 e. The van der Waals surface area contributed by atoms with E-state index in [1.54, 1.807) is 0 Å². The van der Waals surface area contributed by atoms with Crippen LogP contribution < -0.4 is 21.2 Å². The van der Waals surface area contributed by atoms with Crippen molar-refractivity contribution in [3.63, 3.8) is 0 Å². The predicted octanol–water partition coefficient (Wildman–Crippen LogP) is 2.00. The summed E-state index contributed by atoms with van der Waals surface area (Å²) in [7, 11) is 1.90. The molecule has 0 radical (unpaired) electrons. The molecule has 0 spiro atoms. The molecule has 0 saturated carbocycles. The molecule has 5 rings (SSSR count). The highest BCUT2D eigenvalue weighted by Gasteiger charge is 2.25. The number of nitrogens with zero attached hydrogens (tertiary/aromatic N) is 3. The van der Waals surface area contributed by atoms with Gasteiger partial charge < -0.3 is 20.3 Å². The Bertz CT molecular complexity index is 916. The molecule has 3 fully saturated rings. The lowest BCUT2D eigenvalue weighted by molar-refractivity contribution is -0.0363. The lowest BCUT2D eigenvalue weighted by Gasteiger charge is -2.36. The first-order valence-electron chi connectivity index (χ1n) is 11.7. The van der Waals surface area contributed by atoms with E-state index in [1.807, 2.05) is 16.2 Å². The van der Waals surface area contributed by atoms with Crippen LogP contribution in [0.15, 0.2) is 23.0 Å². The lowest BCUT2D eigenvalue weighted by atomic mass is 10.0. The van der Waals surface area contributed by atoms with Crippen molar-refractivity contribution in [2.45, 2.75) is 56.8 Å². The van der Waals surface area contributed by atoms with E-state index in [1.165, 1.54) is 5.69 Å². The summed E-state index contributed by atoms with van der Waals surface area (Å²) in [6, 6.07) is 6.81. The van der Waals surface area contributed by atoms with Crippen molar-refractivity contribution in [3.05, 3.63) is 28.7 Å². The summed E-state index contributed by atoms with van der Waals surface area (Å²) in [6.07, 6.45) is 7.44. The van der Waals surface area contributed by atoms with Crippen LogP contribution in [0.4, 0.5) is 5.69 Å². The normalized spacial score (nSPS) is 24.6. The second-order valence-corrected chi connectivity index (χ2v) is 9.16. The topological polar surface area (TPSA) is 63.5 Å².